The Balaban J connectivity index is 1.59. The van der Waals surface area contributed by atoms with Gasteiger partial charge in [0.25, 0.3) is 0 Å². The fraction of sp³-hybridized carbons (Fsp3) is 0.296. The molecule has 1 heterocycles. The van der Waals surface area contributed by atoms with Gasteiger partial charge >= 0.3 is 0 Å². The predicted molar refractivity (Wildman–Crippen MR) is 136 cm³/mol. The molecule has 1 aliphatic rings. The van der Waals surface area contributed by atoms with Crippen molar-refractivity contribution in [2.45, 2.75) is 26.3 Å². The number of carbonyl (C=O) groups excluding carboxylic acids is 1. The van der Waals surface area contributed by atoms with E-state index in [1.165, 1.54) is 0 Å². The van der Waals surface area contributed by atoms with Crippen LogP contribution in [0.25, 0.3) is 0 Å². The normalized spacial score (nSPS) is 16.1. The fourth-order valence-electron chi connectivity index (χ4n) is 4.33. The Morgan fingerprint density at radius 2 is 1.79 bits per heavy atom. The van der Waals surface area contributed by atoms with Crippen LogP contribution in [0.3, 0.4) is 0 Å². The number of carbonyl (C=O) groups is 1. The van der Waals surface area contributed by atoms with Crippen molar-refractivity contribution in [2.75, 3.05) is 31.1 Å². The quantitative estimate of drug-likeness (QED) is 0.411. The predicted octanol–water partition coefficient (Wildman–Crippen LogP) is 6.33. The molecule has 4 rings (SSSR count). The van der Waals surface area contributed by atoms with E-state index >= 15 is 0 Å². The van der Waals surface area contributed by atoms with E-state index in [-0.39, 0.29) is 11.9 Å². The number of anilines is 1. The summed E-state index contributed by atoms with van der Waals surface area (Å²) in [5, 5.41) is 1.41. The van der Waals surface area contributed by atoms with Crippen LogP contribution >= 0.6 is 23.2 Å². The first-order valence-electron chi connectivity index (χ1n) is 11.2. The van der Waals surface area contributed by atoms with Gasteiger partial charge in [-0.3, -0.25) is 4.79 Å². The van der Waals surface area contributed by atoms with Crippen molar-refractivity contribution in [2.24, 2.45) is 0 Å². The Bertz CT molecular complexity index is 1120. The number of hydrogen-bond acceptors (Lipinski definition) is 3. The molecule has 1 amide bonds. The summed E-state index contributed by atoms with van der Waals surface area (Å²) in [4.78, 5) is 17.6. The Morgan fingerprint density at radius 1 is 1.03 bits per heavy atom. The summed E-state index contributed by atoms with van der Waals surface area (Å²) >= 11 is 12.8. The minimum atomic E-state index is -0.0256. The smallest absolute Gasteiger partial charge is 0.227 e. The number of halogens is 2. The molecule has 0 spiro atoms. The van der Waals surface area contributed by atoms with E-state index in [1.54, 1.807) is 0 Å². The van der Waals surface area contributed by atoms with Crippen molar-refractivity contribution in [3.8, 4) is 5.75 Å². The number of para-hydroxylation sites is 1. The first-order chi connectivity index (χ1) is 16.0. The van der Waals surface area contributed by atoms with Crippen LogP contribution in [0.1, 0.15) is 29.7 Å². The van der Waals surface area contributed by atoms with E-state index < -0.39 is 0 Å². The number of piperazine rings is 1. The molecule has 6 heteroatoms. The van der Waals surface area contributed by atoms with E-state index in [9.17, 15) is 4.79 Å². The van der Waals surface area contributed by atoms with Gasteiger partial charge in [-0.05, 0) is 55.3 Å². The lowest BCUT2D eigenvalue weighted by atomic mass is 10.00. The molecule has 1 fully saturated rings. The molecule has 4 nitrogen and oxygen atoms in total. The minimum absolute atomic E-state index is 0.0256. The van der Waals surface area contributed by atoms with E-state index in [0.717, 1.165) is 33.1 Å². The Morgan fingerprint density at radius 3 is 2.52 bits per heavy atom. The third-order valence-corrected chi connectivity index (χ3v) is 6.57. The standard InChI is InChI=1S/C27H28Cl2N2O2/c1-3-33-26-7-5-4-6-21(26)17-27(32)30-14-15-31(24-13-8-19(2)16-23(24)29)25(18-30)20-9-11-22(28)12-10-20/h4-13,16,25H,3,14-15,17-18H2,1-2H3. The summed E-state index contributed by atoms with van der Waals surface area (Å²) in [7, 11) is 0. The summed E-state index contributed by atoms with van der Waals surface area (Å²) in [6.45, 7) is 6.44. The van der Waals surface area contributed by atoms with Gasteiger partial charge in [0.2, 0.25) is 5.91 Å². The highest BCUT2D eigenvalue weighted by Gasteiger charge is 2.32. The van der Waals surface area contributed by atoms with Crippen LogP contribution in [0.4, 0.5) is 5.69 Å². The van der Waals surface area contributed by atoms with Crippen LogP contribution in [-0.4, -0.2) is 37.0 Å². The maximum Gasteiger partial charge on any atom is 0.227 e. The Labute approximate surface area is 205 Å². The fourth-order valence-corrected chi connectivity index (χ4v) is 4.80. The molecule has 1 aliphatic heterocycles. The SMILES string of the molecule is CCOc1ccccc1CC(=O)N1CCN(c2ccc(C)cc2Cl)C(c2ccc(Cl)cc2)C1. The largest absolute Gasteiger partial charge is 0.494 e. The molecule has 1 atom stereocenters. The molecular formula is C27H28Cl2N2O2. The molecule has 0 N–H and O–H groups in total. The van der Waals surface area contributed by atoms with E-state index in [0.29, 0.717) is 37.7 Å². The maximum absolute atomic E-state index is 13.3. The zero-order chi connectivity index (χ0) is 23.4. The van der Waals surface area contributed by atoms with Crippen molar-refractivity contribution in [3.05, 3.63) is 93.5 Å². The Kier molecular flexibility index (Phi) is 7.46. The van der Waals surface area contributed by atoms with Gasteiger partial charge in [-0.2, -0.15) is 0 Å². The maximum atomic E-state index is 13.3. The highest BCUT2D eigenvalue weighted by Crippen LogP contribution is 2.36. The first-order valence-corrected chi connectivity index (χ1v) is 12.0. The van der Waals surface area contributed by atoms with E-state index in [2.05, 4.69) is 17.0 Å². The van der Waals surface area contributed by atoms with Crippen LogP contribution in [0.5, 0.6) is 5.75 Å². The van der Waals surface area contributed by atoms with Crippen LogP contribution in [0.2, 0.25) is 10.0 Å². The van der Waals surface area contributed by atoms with Crippen molar-refractivity contribution >= 4 is 34.8 Å². The summed E-state index contributed by atoms with van der Waals surface area (Å²) in [5.74, 6) is 0.864. The number of rotatable bonds is 6. The molecule has 0 radical (unpaired) electrons. The van der Waals surface area contributed by atoms with Crippen LogP contribution in [0.15, 0.2) is 66.7 Å². The van der Waals surface area contributed by atoms with Gasteiger partial charge in [-0.25, -0.2) is 0 Å². The summed E-state index contributed by atoms with van der Waals surface area (Å²) in [5.41, 5.74) is 4.12. The zero-order valence-corrected chi connectivity index (χ0v) is 20.4. The summed E-state index contributed by atoms with van der Waals surface area (Å²) in [6.07, 6.45) is 0.314. The molecule has 3 aromatic carbocycles. The van der Waals surface area contributed by atoms with E-state index in [1.807, 2.05) is 73.3 Å². The van der Waals surface area contributed by atoms with Gasteiger partial charge in [0.1, 0.15) is 5.75 Å². The third-order valence-electron chi connectivity index (χ3n) is 6.01. The lowest BCUT2D eigenvalue weighted by Gasteiger charge is -2.43. The third kappa shape index (κ3) is 5.45. The van der Waals surface area contributed by atoms with Gasteiger partial charge < -0.3 is 14.5 Å². The number of benzene rings is 3. The summed E-state index contributed by atoms with van der Waals surface area (Å²) in [6, 6.07) is 21.7. The molecule has 172 valence electrons. The lowest BCUT2D eigenvalue weighted by molar-refractivity contribution is -0.131. The number of amides is 1. The van der Waals surface area contributed by atoms with Crippen molar-refractivity contribution < 1.29 is 9.53 Å². The number of aryl methyl sites for hydroxylation is 1. The zero-order valence-electron chi connectivity index (χ0n) is 18.9. The number of ether oxygens (including phenoxy) is 1. The molecule has 1 unspecified atom stereocenters. The van der Waals surface area contributed by atoms with Gasteiger partial charge in [0.15, 0.2) is 0 Å². The van der Waals surface area contributed by atoms with Gasteiger partial charge in [0, 0.05) is 30.2 Å². The van der Waals surface area contributed by atoms with Gasteiger partial charge in [0.05, 0.1) is 29.8 Å². The molecule has 3 aromatic rings. The highest BCUT2D eigenvalue weighted by atomic mass is 35.5. The van der Waals surface area contributed by atoms with Crippen LogP contribution in [-0.2, 0) is 11.2 Å². The molecule has 1 saturated heterocycles. The Hall–Kier alpha value is -2.69. The second-order valence-corrected chi connectivity index (χ2v) is 9.12. The highest BCUT2D eigenvalue weighted by molar-refractivity contribution is 6.33. The monoisotopic (exact) mass is 482 g/mol. The van der Waals surface area contributed by atoms with Crippen molar-refractivity contribution in [1.29, 1.82) is 0 Å². The second kappa shape index (κ2) is 10.5. The topological polar surface area (TPSA) is 32.8 Å². The number of hydrogen-bond donors (Lipinski definition) is 0. The average molecular weight is 483 g/mol. The lowest BCUT2D eigenvalue weighted by Crippen LogP contribution is -2.51. The molecular weight excluding hydrogens is 455 g/mol. The van der Waals surface area contributed by atoms with Crippen LogP contribution in [0, 0.1) is 6.92 Å². The molecule has 0 saturated carbocycles. The molecule has 0 bridgehead atoms. The summed E-state index contributed by atoms with van der Waals surface area (Å²) < 4.78 is 5.72. The minimum Gasteiger partial charge on any atom is -0.494 e. The second-order valence-electron chi connectivity index (χ2n) is 8.27. The molecule has 33 heavy (non-hydrogen) atoms. The van der Waals surface area contributed by atoms with Crippen LogP contribution < -0.4 is 9.64 Å². The van der Waals surface area contributed by atoms with Crippen molar-refractivity contribution in [3.63, 3.8) is 0 Å². The van der Waals surface area contributed by atoms with Gasteiger partial charge in [-0.1, -0.05) is 59.6 Å². The number of nitrogens with zero attached hydrogens (tertiary/aromatic N) is 2. The van der Waals surface area contributed by atoms with E-state index in [4.69, 9.17) is 27.9 Å². The van der Waals surface area contributed by atoms with Gasteiger partial charge in [-0.15, -0.1) is 0 Å². The first kappa shape index (κ1) is 23.5. The molecule has 0 aliphatic carbocycles. The molecule has 0 aromatic heterocycles. The van der Waals surface area contributed by atoms with Crippen molar-refractivity contribution in [1.82, 2.24) is 4.90 Å². The average Bonchev–Trinajstić information content (AvgIpc) is 2.81.